The lowest BCUT2D eigenvalue weighted by molar-refractivity contribution is -0.141. The minimum Gasteiger partial charge on any atom is -0.397 e. The highest BCUT2D eigenvalue weighted by Crippen LogP contribution is 2.34. The Kier molecular flexibility index (Phi) is 3.60. The summed E-state index contributed by atoms with van der Waals surface area (Å²) in [6.45, 7) is 0. The summed E-state index contributed by atoms with van der Waals surface area (Å²) >= 11 is 11.6. The Labute approximate surface area is 117 Å². The topological polar surface area (TPSA) is 38.9 Å². The van der Waals surface area contributed by atoms with Crippen molar-refractivity contribution in [2.45, 2.75) is 6.18 Å². The Bertz CT molecular complexity index is 627. The van der Waals surface area contributed by atoms with Crippen molar-refractivity contribution in [1.29, 1.82) is 0 Å². The molecule has 1 aromatic heterocycles. The maximum absolute atomic E-state index is 12.6. The Hall–Kier alpha value is -1.46. The number of aromatic nitrogens is 1. The molecule has 0 radical (unpaired) electrons. The molecular formula is C12H7Cl2F3N2. The maximum atomic E-state index is 12.6. The van der Waals surface area contributed by atoms with Gasteiger partial charge in [-0.05, 0) is 24.3 Å². The van der Waals surface area contributed by atoms with Gasteiger partial charge in [-0.1, -0.05) is 29.3 Å². The van der Waals surface area contributed by atoms with E-state index in [1.54, 1.807) is 0 Å². The number of nitrogen functional groups attached to an aromatic ring is 1. The van der Waals surface area contributed by atoms with Gasteiger partial charge in [0.2, 0.25) is 0 Å². The summed E-state index contributed by atoms with van der Waals surface area (Å²) in [6, 6.07) is 6.39. The van der Waals surface area contributed by atoms with Gasteiger partial charge in [0.1, 0.15) is 5.69 Å². The number of anilines is 1. The maximum Gasteiger partial charge on any atom is 0.433 e. The first-order chi connectivity index (χ1) is 8.79. The van der Waals surface area contributed by atoms with Crippen LogP contribution in [0.4, 0.5) is 18.9 Å². The van der Waals surface area contributed by atoms with Gasteiger partial charge in [0.25, 0.3) is 0 Å². The van der Waals surface area contributed by atoms with E-state index >= 15 is 0 Å². The van der Waals surface area contributed by atoms with E-state index in [0.29, 0.717) is 10.6 Å². The molecule has 2 nitrogen and oxygen atoms in total. The van der Waals surface area contributed by atoms with Crippen molar-refractivity contribution in [3.05, 3.63) is 46.1 Å². The van der Waals surface area contributed by atoms with Crippen molar-refractivity contribution in [1.82, 2.24) is 4.98 Å². The third-order valence-electron chi connectivity index (χ3n) is 2.41. The molecule has 0 fully saturated rings. The van der Waals surface area contributed by atoms with Crippen LogP contribution in [-0.2, 0) is 6.18 Å². The van der Waals surface area contributed by atoms with E-state index in [4.69, 9.17) is 28.9 Å². The van der Waals surface area contributed by atoms with Crippen LogP contribution in [0.15, 0.2) is 30.3 Å². The van der Waals surface area contributed by atoms with E-state index < -0.39 is 11.9 Å². The quantitative estimate of drug-likeness (QED) is 0.832. The van der Waals surface area contributed by atoms with Crippen LogP contribution in [0, 0.1) is 0 Å². The van der Waals surface area contributed by atoms with Crippen molar-refractivity contribution < 1.29 is 13.2 Å². The fourth-order valence-electron chi connectivity index (χ4n) is 1.50. The van der Waals surface area contributed by atoms with Crippen molar-refractivity contribution in [2.24, 2.45) is 0 Å². The Morgan fingerprint density at radius 2 is 1.68 bits per heavy atom. The average molecular weight is 307 g/mol. The summed E-state index contributed by atoms with van der Waals surface area (Å²) in [5.41, 5.74) is 5.16. The standard InChI is InChI=1S/C12H7Cl2F3N2/c13-7-2-1-6(5-8(7)14)11-9(18)3-4-10(19-11)12(15,16)17/h1-5H,18H2. The lowest BCUT2D eigenvalue weighted by Gasteiger charge is -2.10. The van der Waals surface area contributed by atoms with E-state index in [0.717, 1.165) is 12.1 Å². The minimum atomic E-state index is -4.53. The van der Waals surface area contributed by atoms with Crippen molar-refractivity contribution >= 4 is 28.9 Å². The number of hydrogen-bond donors (Lipinski definition) is 1. The van der Waals surface area contributed by atoms with Crippen LogP contribution in [0.1, 0.15) is 5.69 Å². The highest BCUT2D eigenvalue weighted by atomic mass is 35.5. The fraction of sp³-hybridized carbons (Fsp3) is 0.0833. The zero-order valence-corrected chi connectivity index (χ0v) is 10.8. The van der Waals surface area contributed by atoms with Gasteiger partial charge in [0.05, 0.1) is 21.4 Å². The van der Waals surface area contributed by atoms with E-state index in [9.17, 15) is 13.2 Å². The second kappa shape index (κ2) is 4.90. The Morgan fingerprint density at radius 3 is 2.26 bits per heavy atom. The molecule has 0 unspecified atom stereocenters. The smallest absolute Gasteiger partial charge is 0.397 e. The fourth-order valence-corrected chi connectivity index (χ4v) is 1.80. The summed E-state index contributed by atoms with van der Waals surface area (Å²) < 4.78 is 37.8. The van der Waals surface area contributed by atoms with Gasteiger partial charge < -0.3 is 5.73 Å². The summed E-state index contributed by atoms with van der Waals surface area (Å²) in [5.74, 6) is 0. The third kappa shape index (κ3) is 2.93. The molecule has 2 N–H and O–H groups in total. The third-order valence-corrected chi connectivity index (χ3v) is 3.15. The zero-order chi connectivity index (χ0) is 14.2. The largest absolute Gasteiger partial charge is 0.433 e. The van der Waals surface area contributed by atoms with Crippen molar-refractivity contribution in [3.8, 4) is 11.3 Å². The average Bonchev–Trinajstić information content (AvgIpc) is 2.32. The SMILES string of the molecule is Nc1ccc(C(F)(F)F)nc1-c1ccc(Cl)c(Cl)c1. The van der Waals surface area contributed by atoms with Crippen LogP contribution < -0.4 is 5.73 Å². The molecule has 0 amide bonds. The molecule has 7 heteroatoms. The van der Waals surface area contributed by atoms with Crippen LogP contribution in [0.5, 0.6) is 0 Å². The van der Waals surface area contributed by atoms with Gasteiger partial charge in [-0.3, -0.25) is 0 Å². The molecule has 0 aliphatic rings. The first-order valence-corrected chi connectivity index (χ1v) is 5.84. The summed E-state index contributed by atoms with van der Waals surface area (Å²) in [5, 5.41) is 0.522. The summed E-state index contributed by atoms with van der Waals surface area (Å²) in [7, 11) is 0. The molecule has 0 aliphatic carbocycles. The van der Waals surface area contributed by atoms with Gasteiger partial charge in [-0.2, -0.15) is 13.2 Å². The molecule has 0 spiro atoms. The lowest BCUT2D eigenvalue weighted by atomic mass is 10.1. The first kappa shape index (κ1) is 14.0. The van der Waals surface area contributed by atoms with Crippen LogP contribution in [-0.4, -0.2) is 4.98 Å². The normalized spacial score (nSPS) is 11.6. The molecule has 0 saturated carbocycles. The molecule has 1 aromatic carbocycles. The summed E-state index contributed by atoms with van der Waals surface area (Å²) in [6.07, 6.45) is -4.53. The van der Waals surface area contributed by atoms with Crippen molar-refractivity contribution in [3.63, 3.8) is 0 Å². The highest BCUT2D eigenvalue weighted by Gasteiger charge is 2.33. The number of benzene rings is 1. The van der Waals surface area contributed by atoms with Crippen LogP contribution >= 0.6 is 23.2 Å². The highest BCUT2D eigenvalue weighted by molar-refractivity contribution is 6.42. The molecule has 0 saturated heterocycles. The lowest BCUT2D eigenvalue weighted by Crippen LogP contribution is -2.09. The number of halogens is 5. The molecule has 0 bridgehead atoms. The van der Waals surface area contributed by atoms with Gasteiger partial charge in [0, 0.05) is 5.56 Å². The number of pyridine rings is 1. The second-order valence-corrected chi connectivity index (χ2v) is 4.58. The van der Waals surface area contributed by atoms with Gasteiger partial charge in [-0.25, -0.2) is 4.98 Å². The number of rotatable bonds is 1. The Balaban J connectivity index is 2.58. The molecular weight excluding hydrogens is 300 g/mol. The number of nitrogens with zero attached hydrogens (tertiary/aromatic N) is 1. The molecule has 100 valence electrons. The van der Waals surface area contributed by atoms with Gasteiger partial charge >= 0.3 is 6.18 Å². The van der Waals surface area contributed by atoms with E-state index in [1.807, 2.05) is 0 Å². The molecule has 19 heavy (non-hydrogen) atoms. The molecule has 0 aliphatic heterocycles. The molecule has 2 rings (SSSR count). The van der Waals surface area contributed by atoms with Crippen LogP contribution in [0.3, 0.4) is 0 Å². The van der Waals surface area contributed by atoms with Crippen LogP contribution in [0.25, 0.3) is 11.3 Å². The summed E-state index contributed by atoms with van der Waals surface area (Å²) in [4.78, 5) is 3.53. The van der Waals surface area contributed by atoms with Crippen molar-refractivity contribution in [2.75, 3.05) is 5.73 Å². The van der Waals surface area contributed by atoms with E-state index in [2.05, 4.69) is 4.98 Å². The predicted octanol–water partition coefficient (Wildman–Crippen LogP) is 4.66. The number of hydrogen-bond acceptors (Lipinski definition) is 2. The first-order valence-electron chi connectivity index (χ1n) is 5.08. The monoisotopic (exact) mass is 306 g/mol. The molecule has 1 heterocycles. The molecule has 0 atom stereocenters. The zero-order valence-electron chi connectivity index (χ0n) is 9.30. The number of nitrogens with two attached hydrogens (primary N) is 1. The predicted molar refractivity (Wildman–Crippen MR) is 69.1 cm³/mol. The minimum absolute atomic E-state index is 0.0217. The van der Waals surface area contributed by atoms with E-state index in [-0.39, 0.29) is 16.4 Å². The Morgan fingerprint density at radius 1 is 1.00 bits per heavy atom. The van der Waals surface area contributed by atoms with E-state index in [1.165, 1.54) is 18.2 Å². The molecule has 2 aromatic rings. The second-order valence-electron chi connectivity index (χ2n) is 3.76. The van der Waals surface area contributed by atoms with Crippen LogP contribution in [0.2, 0.25) is 10.0 Å². The van der Waals surface area contributed by atoms with Gasteiger partial charge in [0.15, 0.2) is 0 Å². The van der Waals surface area contributed by atoms with Gasteiger partial charge in [-0.15, -0.1) is 0 Å². The number of alkyl halides is 3.